The summed E-state index contributed by atoms with van der Waals surface area (Å²) in [7, 11) is 1.49. The molecule has 102 valence electrons. The Morgan fingerprint density at radius 3 is 2.70 bits per heavy atom. The number of ether oxygens (including phenoxy) is 1. The fourth-order valence-corrected chi connectivity index (χ4v) is 2.12. The molecule has 0 amide bonds. The number of fused-ring (bicyclic) bond motifs is 1. The Morgan fingerprint density at radius 1 is 1.15 bits per heavy atom. The van der Waals surface area contributed by atoms with Gasteiger partial charge in [-0.15, -0.1) is 0 Å². The van der Waals surface area contributed by atoms with E-state index in [1.807, 2.05) is 0 Å². The molecule has 1 heterocycles. The van der Waals surface area contributed by atoms with Gasteiger partial charge in [0.15, 0.2) is 0 Å². The average molecular weight is 275 g/mol. The maximum absolute atomic E-state index is 14.0. The quantitative estimate of drug-likeness (QED) is 0.782. The van der Waals surface area contributed by atoms with Gasteiger partial charge in [0, 0.05) is 12.1 Å². The molecule has 1 aromatic heterocycles. The van der Waals surface area contributed by atoms with Gasteiger partial charge >= 0.3 is 0 Å². The Balaban J connectivity index is 2.31. The summed E-state index contributed by atoms with van der Waals surface area (Å²) in [6.07, 6.45) is 0. The lowest BCUT2D eigenvalue weighted by Gasteiger charge is -2.09. The Hall–Kier alpha value is -2.63. The van der Waals surface area contributed by atoms with Crippen molar-refractivity contribution in [2.24, 2.45) is 0 Å². The molecule has 20 heavy (non-hydrogen) atoms. The zero-order valence-electron chi connectivity index (χ0n) is 10.6. The number of rotatable bonds is 2. The summed E-state index contributed by atoms with van der Waals surface area (Å²) in [6.45, 7) is 0. The lowest BCUT2D eigenvalue weighted by Crippen LogP contribution is -2.03. The molecular weight excluding hydrogens is 264 g/mol. The summed E-state index contributed by atoms with van der Waals surface area (Å²) in [5.74, 6) is -0.322. The van der Waals surface area contributed by atoms with E-state index < -0.39 is 11.6 Å². The summed E-state index contributed by atoms with van der Waals surface area (Å²) in [6, 6.07) is 8.33. The summed E-state index contributed by atoms with van der Waals surface area (Å²) in [4.78, 5) is 4.04. The summed E-state index contributed by atoms with van der Waals surface area (Å²) < 4.78 is 33.7. The third kappa shape index (κ3) is 1.85. The zero-order valence-corrected chi connectivity index (χ0v) is 10.6. The van der Waals surface area contributed by atoms with Crippen LogP contribution in [0, 0.1) is 11.6 Å². The normalized spacial score (nSPS) is 10.9. The first-order valence-electron chi connectivity index (χ1n) is 5.87. The van der Waals surface area contributed by atoms with Crippen molar-refractivity contribution < 1.29 is 13.5 Å². The van der Waals surface area contributed by atoms with Crippen LogP contribution in [0.4, 0.5) is 14.7 Å². The van der Waals surface area contributed by atoms with E-state index >= 15 is 0 Å². The fourth-order valence-electron chi connectivity index (χ4n) is 2.12. The van der Waals surface area contributed by atoms with E-state index in [0.717, 1.165) is 0 Å². The highest BCUT2D eigenvalue weighted by Crippen LogP contribution is 2.27. The molecule has 0 unspecified atom stereocenters. The molecule has 0 radical (unpaired) electrons. The van der Waals surface area contributed by atoms with Crippen molar-refractivity contribution in [1.82, 2.24) is 9.55 Å². The number of nitrogens with zero attached hydrogens (tertiary/aromatic N) is 2. The monoisotopic (exact) mass is 275 g/mol. The van der Waals surface area contributed by atoms with Crippen LogP contribution in [0.2, 0.25) is 0 Å². The first-order valence-corrected chi connectivity index (χ1v) is 5.87. The van der Waals surface area contributed by atoms with Gasteiger partial charge in [-0.05, 0) is 24.3 Å². The number of halogens is 2. The van der Waals surface area contributed by atoms with Gasteiger partial charge in [-0.2, -0.15) is 0 Å². The first-order chi connectivity index (χ1) is 9.60. The molecule has 0 saturated carbocycles. The molecule has 0 saturated heterocycles. The number of nitrogen functional groups attached to an aromatic ring is 1. The van der Waals surface area contributed by atoms with Crippen LogP contribution in [0.3, 0.4) is 0 Å². The van der Waals surface area contributed by atoms with Crippen LogP contribution in [0.1, 0.15) is 0 Å². The number of anilines is 1. The van der Waals surface area contributed by atoms with Crippen molar-refractivity contribution in [2.45, 2.75) is 0 Å². The van der Waals surface area contributed by atoms with E-state index in [-0.39, 0.29) is 11.6 Å². The van der Waals surface area contributed by atoms with Gasteiger partial charge in [-0.1, -0.05) is 0 Å². The highest BCUT2D eigenvalue weighted by molar-refractivity contribution is 5.81. The van der Waals surface area contributed by atoms with Crippen LogP contribution in [-0.4, -0.2) is 16.7 Å². The molecule has 3 aromatic rings. The van der Waals surface area contributed by atoms with E-state index in [9.17, 15) is 8.78 Å². The number of hydrogen-bond donors (Lipinski definition) is 1. The second kappa shape index (κ2) is 4.48. The zero-order chi connectivity index (χ0) is 14.3. The van der Waals surface area contributed by atoms with E-state index in [4.69, 9.17) is 10.5 Å². The topological polar surface area (TPSA) is 53.1 Å². The summed E-state index contributed by atoms with van der Waals surface area (Å²) >= 11 is 0. The number of aromatic nitrogens is 2. The second-order valence-corrected chi connectivity index (χ2v) is 4.26. The molecule has 2 aromatic carbocycles. The molecule has 0 spiro atoms. The van der Waals surface area contributed by atoms with Crippen molar-refractivity contribution in [3.63, 3.8) is 0 Å². The van der Waals surface area contributed by atoms with Crippen LogP contribution in [-0.2, 0) is 0 Å². The lowest BCUT2D eigenvalue weighted by molar-refractivity contribution is 0.413. The maximum Gasteiger partial charge on any atom is 0.206 e. The third-order valence-corrected chi connectivity index (χ3v) is 3.04. The van der Waals surface area contributed by atoms with E-state index in [0.29, 0.717) is 16.8 Å². The predicted molar refractivity (Wildman–Crippen MR) is 72.0 cm³/mol. The van der Waals surface area contributed by atoms with Crippen molar-refractivity contribution in [1.29, 1.82) is 0 Å². The summed E-state index contributed by atoms with van der Waals surface area (Å²) in [5, 5.41) is 0. The van der Waals surface area contributed by atoms with Crippen molar-refractivity contribution in [2.75, 3.05) is 12.8 Å². The van der Waals surface area contributed by atoms with Gasteiger partial charge in [0.05, 0.1) is 23.8 Å². The highest BCUT2D eigenvalue weighted by atomic mass is 19.1. The van der Waals surface area contributed by atoms with Gasteiger partial charge in [-0.3, -0.25) is 4.57 Å². The van der Waals surface area contributed by atoms with Gasteiger partial charge < -0.3 is 10.5 Å². The summed E-state index contributed by atoms with van der Waals surface area (Å²) in [5.41, 5.74) is 6.91. The fraction of sp³-hybridized carbons (Fsp3) is 0.0714. The average Bonchev–Trinajstić information content (AvgIpc) is 2.74. The minimum absolute atomic E-state index is 0.0813. The van der Waals surface area contributed by atoms with Crippen molar-refractivity contribution >= 4 is 17.0 Å². The van der Waals surface area contributed by atoms with E-state index in [1.165, 1.54) is 48.1 Å². The standard InChI is InChI=1S/C14H11F2N3O/c1-20-9-3-4-10(16)13(7-9)19-12-5-2-8(15)6-11(12)18-14(19)17/h2-7H,1H3,(H2,17,18). The molecule has 0 bridgehead atoms. The van der Waals surface area contributed by atoms with Crippen molar-refractivity contribution in [3.05, 3.63) is 48.0 Å². The molecule has 0 fully saturated rings. The molecule has 4 nitrogen and oxygen atoms in total. The third-order valence-electron chi connectivity index (χ3n) is 3.04. The molecule has 0 atom stereocenters. The Bertz CT molecular complexity index is 798. The van der Waals surface area contributed by atoms with Gasteiger partial charge in [-0.25, -0.2) is 13.8 Å². The number of imidazole rings is 1. The molecule has 6 heteroatoms. The van der Waals surface area contributed by atoms with Crippen molar-refractivity contribution in [3.8, 4) is 11.4 Å². The smallest absolute Gasteiger partial charge is 0.206 e. The Morgan fingerprint density at radius 2 is 1.95 bits per heavy atom. The Kier molecular flexibility index (Phi) is 2.78. The van der Waals surface area contributed by atoms with Crippen LogP contribution in [0.15, 0.2) is 36.4 Å². The molecule has 0 aliphatic carbocycles. The lowest BCUT2D eigenvalue weighted by atomic mass is 10.2. The second-order valence-electron chi connectivity index (χ2n) is 4.26. The van der Waals surface area contributed by atoms with Gasteiger partial charge in [0.1, 0.15) is 17.4 Å². The molecular formula is C14H11F2N3O. The number of methoxy groups -OCH3 is 1. The van der Waals surface area contributed by atoms with Gasteiger partial charge in [0.2, 0.25) is 5.95 Å². The highest BCUT2D eigenvalue weighted by Gasteiger charge is 2.14. The predicted octanol–water partition coefficient (Wildman–Crippen LogP) is 2.89. The van der Waals surface area contributed by atoms with E-state index in [2.05, 4.69) is 4.98 Å². The van der Waals surface area contributed by atoms with Crippen LogP contribution >= 0.6 is 0 Å². The van der Waals surface area contributed by atoms with Crippen LogP contribution in [0.25, 0.3) is 16.7 Å². The maximum atomic E-state index is 14.0. The SMILES string of the molecule is COc1ccc(F)c(-n2c(N)nc3cc(F)ccc32)c1. The molecule has 3 rings (SSSR count). The van der Waals surface area contributed by atoms with E-state index in [1.54, 1.807) is 0 Å². The number of hydrogen-bond acceptors (Lipinski definition) is 3. The molecule has 2 N–H and O–H groups in total. The molecule has 0 aliphatic rings. The first kappa shape index (κ1) is 12.4. The number of nitrogens with two attached hydrogens (primary N) is 1. The van der Waals surface area contributed by atoms with Gasteiger partial charge in [0.25, 0.3) is 0 Å². The Labute approximate surface area is 113 Å². The minimum atomic E-state index is -0.471. The largest absolute Gasteiger partial charge is 0.497 e. The van der Waals surface area contributed by atoms with Crippen LogP contribution in [0.5, 0.6) is 5.75 Å². The minimum Gasteiger partial charge on any atom is -0.497 e. The van der Waals surface area contributed by atoms with Crippen LogP contribution < -0.4 is 10.5 Å². The number of benzene rings is 2. The molecule has 0 aliphatic heterocycles.